The summed E-state index contributed by atoms with van der Waals surface area (Å²) in [5, 5.41) is 10.6. The summed E-state index contributed by atoms with van der Waals surface area (Å²) in [4.78, 5) is 4.27. The maximum atomic E-state index is 5.83. The molecule has 0 aliphatic heterocycles. The van der Waals surface area contributed by atoms with Gasteiger partial charge in [-0.3, -0.25) is 4.99 Å². The van der Waals surface area contributed by atoms with E-state index in [9.17, 15) is 0 Å². The SMILES string of the molecule is CN=C(NCc1cccc(COc2ccccc2)c1)NCc1cc(C(C)C)no1. The molecule has 6 heteroatoms. The van der Waals surface area contributed by atoms with Gasteiger partial charge in [-0.05, 0) is 29.2 Å². The van der Waals surface area contributed by atoms with E-state index < -0.39 is 0 Å². The predicted molar refractivity (Wildman–Crippen MR) is 115 cm³/mol. The summed E-state index contributed by atoms with van der Waals surface area (Å²) in [7, 11) is 1.75. The monoisotopic (exact) mass is 392 g/mol. The lowest BCUT2D eigenvalue weighted by molar-refractivity contribution is 0.306. The summed E-state index contributed by atoms with van der Waals surface area (Å²) in [6.45, 7) is 5.91. The minimum absolute atomic E-state index is 0.350. The Hall–Kier alpha value is -3.28. The van der Waals surface area contributed by atoms with Gasteiger partial charge in [0, 0.05) is 19.7 Å². The van der Waals surface area contributed by atoms with E-state index in [0.29, 0.717) is 31.6 Å². The molecule has 0 fully saturated rings. The Morgan fingerprint density at radius 1 is 1.00 bits per heavy atom. The molecule has 29 heavy (non-hydrogen) atoms. The molecule has 0 unspecified atom stereocenters. The van der Waals surface area contributed by atoms with Crippen LogP contribution in [0.4, 0.5) is 0 Å². The summed E-state index contributed by atoms with van der Waals surface area (Å²) in [6.07, 6.45) is 0. The summed E-state index contributed by atoms with van der Waals surface area (Å²) in [5.74, 6) is 2.71. The molecule has 0 radical (unpaired) electrons. The lowest BCUT2D eigenvalue weighted by Crippen LogP contribution is -2.36. The fourth-order valence-corrected chi connectivity index (χ4v) is 2.77. The number of guanidine groups is 1. The summed E-state index contributed by atoms with van der Waals surface area (Å²) in [6, 6.07) is 20.1. The number of rotatable bonds is 8. The second-order valence-electron chi connectivity index (χ2n) is 7.07. The highest BCUT2D eigenvalue weighted by Gasteiger charge is 2.08. The number of ether oxygens (including phenoxy) is 1. The van der Waals surface area contributed by atoms with Crippen molar-refractivity contribution < 1.29 is 9.26 Å². The molecule has 0 bridgehead atoms. The number of aliphatic imine (C=N–C) groups is 1. The van der Waals surface area contributed by atoms with Gasteiger partial charge in [0.05, 0.1) is 12.2 Å². The second kappa shape index (κ2) is 10.3. The van der Waals surface area contributed by atoms with E-state index >= 15 is 0 Å². The first-order valence-corrected chi connectivity index (χ1v) is 9.79. The number of benzene rings is 2. The molecule has 1 aromatic heterocycles. The van der Waals surface area contributed by atoms with E-state index in [0.717, 1.165) is 28.3 Å². The van der Waals surface area contributed by atoms with E-state index in [1.165, 1.54) is 0 Å². The third-order valence-electron chi connectivity index (χ3n) is 4.42. The van der Waals surface area contributed by atoms with E-state index in [2.05, 4.69) is 52.8 Å². The molecule has 0 atom stereocenters. The first-order chi connectivity index (χ1) is 14.1. The molecule has 1 heterocycles. The van der Waals surface area contributed by atoms with E-state index in [1.807, 2.05) is 42.5 Å². The average Bonchev–Trinajstić information content (AvgIpc) is 3.23. The standard InChI is InChI=1S/C23H28N4O2/c1-17(2)22-13-21(29-27-22)15-26-23(24-3)25-14-18-8-7-9-19(12-18)16-28-20-10-5-4-6-11-20/h4-13,17H,14-16H2,1-3H3,(H2,24,25,26). The number of nitrogens with one attached hydrogen (secondary N) is 2. The topological polar surface area (TPSA) is 71.7 Å². The van der Waals surface area contributed by atoms with E-state index in [4.69, 9.17) is 9.26 Å². The van der Waals surface area contributed by atoms with Gasteiger partial charge in [-0.1, -0.05) is 61.5 Å². The summed E-state index contributed by atoms with van der Waals surface area (Å²) in [5.41, 5.74) is 3.24. The van der Waals surface area contributed by atoms with Crippen LogP contribution in [0.3, 0.4) is 0 Å². The van der Waals surface area contributed by atoms with Gasteiger partial charge in [0.1, 0.15) is 12.4 Å². The van der Waals surface area contributed by atoms with Crippen molar-refractivity contribution >= 4 is 5.96 Å². The number of nitrogens with zero attached hydrogens (tertiary/aromatic N) is 2. The first kappa shape index (κ1) is 20.5. The Bertz CT molecular complexity index is 919. The zero-order valence-electron chi connectivity index (χ0n) is 17.2. The Kier molecular flexibility index (Phi) is 7.28. The first-order valence-electron chi connectivity index (χ1n) is 9.79. The van der Waals surface area contributed by atoms with Gasteiger partial charge in [0.15, 0.2) is 11.7 Å². The van der Waals surface area contributed by atoms with Crippen molar-refractivity contribution in [2.75, 3.05) is 7.05 Å². The van der Waals surface area contributed by atoms with Gasteiger partial charge in [0.2, 0.25) is 0 Å². The van der Waals surface area contributed by atoms with Gasteiger partial charge in [-0.2, -0.15) is 0 Å². The fraction of sp³-hybridized carbons (Fsp3) is 0.304. The van der Waals surface area contributed by atoms with Crippen LogP contribution in [0.25, 0.3) is 0 Å². The van der Waals surface area contributed by atoms with Gasteiger partial charge in [-0.25, -0.2) is 0 Å². The normalized spacial score (nSPS) is 11.5. The number of hydrogen-bond acceptors (Lipinski definition) is 4. The molecule has 0 spiro atoms. The molecule has 2 aromatic carbocycles. The minimum atomic E-state index is 0.350. The predicted octanol–water partition coefficient (Wildman–Crippen LogP) is 4.24. The molecule has 152 valence electrons. The third kappa shape index (κ3) is 6.38. The molecular formula is C23H28N4O2. The van der Waals surface area contributed by atoms with Crippen LogP contribution in [0.2, 0.25) is 0 Å². The molecule has 0 amide bonds. The summed E-state index contributed by atoms with van der Waals surface area (Å²) < 4.78 is 11.2. The Labute approximate surface area is 172 Å². The lowest BCUT2D eigenvalue weighted by atomic mass is 10.1. The van der Waals surface area contributed by atoms with Crippen molar-refractivity contribution in [2.24, 2.45) is 4.99 Å². The van der Waals surface area contributed by atoms with Crippen LogP contribution in [-0.2, 0) is 19.7 Å². The molecule has 0 aliphatic carbocycles. The molecule has 2 N–H and O–H groups in total. The Morgan fingerprint density at radius 3 is 2.48 bits per heavy atom. The summed E-state index contributed by atoms with van der Waals surface area (Å²) >= 11 is 0. The van der Waals surface area contributed by atoms with Crippen molar-refractivity contribution in [3.63, 3.8) is 0 Å². The maximum Gasteiger partial charge on any atom is 0.191 e. The lowest BCUT2D eigenvalue weighted by Gasteiger charge is -2.12. The van der Waals surface area contributed by atoms with Crippen molar-refractivity contribution in [3.05, 3.63) is 83.2 Å². The molecule has 6 nitrogen and oxygen atoms in total. The van der Waals surface area contributed by atoms with Gasteiger partial charge in [-0.15, -0.1) is 0 Å². The third-order valence-corrected chi connectivity index (χ3v) is 4.42. The quantitative estimate of drug-likeness (QED) is 0.443. The molecular weight excluding hydrogens is 364 g/mol. The van der Waals surface area contributed by atoms with Crippen LogP contribution >= 0.6 is 0 Å². The molecule has 3 aromatic rings. The van der Waals surface area contributed by atoms with Gasteiger partial charge < -0.3 is 19.9 Å². The zero-order valence-corrected chi connectivity index (χ0v) is 17.2. The molecule has 0 aliphatic rings. The van der Waals surface area contributed by atoms with Gasteiger partial charge >= 0.3 is 0 Å². The zero-order chi connectivity index (χ0) is 20.5. The molecule has 0 saturated heterocycles. The maximum absolute atomic E-state index is 5.83. The number of aromatic nitrogens is 1. The second-order valence-corrected chi connectivity index (χ2v) is 7.07. The van der Waals surface area contributed by atoms with Crippen molar-refractivity contribution in [1.82, 2.24) is 15.8 Å². The van der Waals surface area contributed by atoms with Crippen LogP contribution < -0.4 is 15.4 Å². The van der Waals surface area contributed by atoms with E-state index in [1.54, 1.807) is 7.05 Å². The van der Waals surface area contributed by atoms with Crippen molar-refractivity contribution in [3.8, 4) is 5.75 Å². The fourth-order valence-electron chi connectivity index (χ4n) is 2.77. The van der Waals surface area contributed by atoms with Crippen LogP contribution in [-0.4, -0.2) is 18.2 Å². The van der Waals surface area contributed by atoms with Crippen LogP contribution in [0.5, 0.6) is 5.75 Å². The smallest absolute Gasteiger partial charge is 0.191 e. The van der Waals surface area contributed by atoms with Gasteiger partial charge in [0.25, 0.3) is 0 Å². The number of hydrogen-bond donors (Lipinski definition) is 2. The Morgan fingerprint density at radius 2 is 1.76 bits per heavy atom. The van der Waals surface area contributed by atoms with Crippen LogP contribution in [0.15, 0.2) is 70.2 Å². The average molecular weight is 393 g/mol. The Balaban J connectivity index is 1.48. The van der Waals surface area contributed by atoms with Crippen molar-refractivity contribution in [1.29, 1.82) is 0 Å². The molecule has 0 saturated carbocycles. The molecule has 3 rings (SSSR count). The highest BCUT2D eigenvalue weighted by atomic mass is 16.5. The van der Waals surface area contributed by atoms with Crippen LogP contribution in [0, 0.1) is 0 Å². The largest absolute Gasteiger partial charge is 0.489 e. The van der Waals surface area contributed by atoms with E-state index in [-0.39, 0.29) is 0 Å². The highest BCUT2D eigenvalue weighted by Crippen LogP contribution is 2.14. The number of para-hydroxylation sites is 1. The minimum Gasteiger partial charge on any atom is -0.489 e. The highest BCUT2D eigenvalue weighted by molar-refractivity contribution is 5.79. The van der Waals surface area contributed by atoms with Crippen LogP contribution in [0.1, 0.15) is 42.3 Å². The van der Waals surface area contributed by atoms with Crippen molar-refractivity contribution in [2.45, 2.75) is 39.5 Å².